The van der Waals surface area contributed by atoms with Crippen LogP contribution in [0.1, 0.15) is 37.9 Å². The Balaban J connectivity index is 1.72. The molecule has 2 amide bonds. The summed E-state index contributed by atoms with van der Waals surface area (Å²) in [6.45, 7) is 6.00. The highest BCUT2D eigenvalue weighted by atomic mass is 79.9. The summed E-state index contributed by atoms with van der Waals surface area (Å²) in [5.41, 5.74) is 4.58. The number of aliphatic hydroxyl groups is 1. The van der Waals surface area contributed by atoms with Crippen LogP contribution < -0.4 is 30.3 Å². The zero-order chi connectivity index (χ0) is 28.5. The van der Waals surface area contributed by atoms with Gasteiger partial charge in [-0.3, -0.25) is 5.43 Å². The van der Waals surface area contributed by atoms with Gasteiger partial charge in [0.2, 0.25) is 0 Å². The maximum absolute atomic E-state index is 12.4. The van der Waals surface area contributed by atoms with Crippen LogP contribution in [0, 0.1) is 0 Å². The smallest absolute Gasteiger partial charge is 0.337 e. The minimum absolute atomic E-state index is 0.145. The minimum Gasteiger partial charge on any atom is -0.492 e. The summed E-state index contributed by atoms with van der Waals surface area (Å²) in [6.07, 6.45) is 0.396. The number of aliphatic hydroxyl groups excluding tert-OH is 1. The van der Waals surface area contributed by atoms with Gasteiger partial charge in [0, 0.05) is 15.7 Å². The molecule has 0 aromatic heterocycles. The number of esters is 1. The number of halogens is 2. The van der Waals surface area contributed by atoms with E-state index in [1.54, 1.807) is 25.1 Å². The first-order valence-electron chi connectivity index (χ1n) is 12.0. The van der Waals surface area contributed by atoms with Gasteiger partial charge in [-0.05, 0) is 66.5 Å². The van der Waals surface area contributed by atoms with E-state index in [-0.39, 0.29) is 12.2 Å². The van der Waals surface area contributed by atoms with Crippen molar-refractivity contribution in [2.75, 3.05) is 26.9 Å². The molecule has 0 saturated carbocycles. The zero-order valence-electron chi connectivity index (χ0n) is 21.8. The number of allylic oxidation sites excluding steroid dienone is 1. The number of hydrogen-bond acceptors (Lipinski definition) is 9. The second-order valence-corrected chi connectivity index (χ2v) is 9.92. The number of urea groups is 1. The molecule has 0 bridgehead atoms. The molecule has 2 aromatic carbocycles. The number of hydrogen-bond donors (Lipinski definition) is 4. The molecule has 0 fully saturated rings. The SMILES string of the molecule is CCOc1cc([C@H]2NC(=O)NC(C)=C2C(=O)OC)ccc1OC[C@H](O)N/N=C/c1cc(Br)cc(Br)c1OCC. The van der Waals surface area contributed by atoms with E-state index in [1.807, 2.05) is 26.0 Å². The number of benzene rings is 2. The molecule has 4 N–H and O–H groups in total. The topological polar surface area (TPSA) is 140 Å². The monoisotopic (exact) mass is 668 g/mol. The van der Waals surface area contributed by atoms with Crippen molar-refractivity contribution in [3.63, 3.8) is 0 Å². The van der Waals surface area contributed by atoms with Crippen LogP contribution in [0.4, 0.5) is 4.79 Å². The van der Waals surface area contributed by atoms with Crippen molar-refractivity contribution >= 4 is 50.1 Å². The van der Waals surface area contributed by atoms with Crippen LogP contribution in [-0.4, -0.2) is 56.5 Å². The van der Waals surface area contributed by atoms with Gasteiger partial charge in [0.25, 0.3) is 0 Å². The third-order valence-electron chi connectivity index (χ3n) is 5.43. The van der Waals surface area contributed by atoms with Gasteiger partial charge in [-0.25, -0.2) is 9.59 Å². The molecule has 1 aliphatic rings. The van der Waals surface area contributed by atoms with Gasteiger partial charge in [-0.1, -0.05) is 22.0 Å². The number of ether oxygens (including phenoxy) is 4. The summed E-state index contributed by atoms with van der Waals surface area (Å²) in [5.74, 6) is 0.798. The number of methoxy groups -OCH3 is 1. The first-order valence-corrected chi connectivity index (χ1v) is 13.6. The van der Waals surface area contributed by atoms with Crippen molar-refractivity contribution < 1.29 is 33.6 Å². The van der Waals surface area contributed by atoms with Crippen molar-refractivity contribution in [3.8, 4) is 17.2 Å². The van der Waals surface area contributed by atoms with Crippen molar-refractivity contribution in [1.29, 1.82) is 0 Å². The Morgan fingerprint density at radius 3 is 2.59 bits per heavy atom. The van der Waals surface area contributed by atoms with Gasteiger partial charge < -0.3 is 34.7 Å². The molecular formula is C26H30Br2N4O7. The van der Waals surface area contributed by atoms with Gasteiger partial charge in [-0.2, -0.15) is 5.10 Å². The number of carbonyl (C=O) groups excluding carboxylic acids is 2. The molecule has 11 nitrogen and oxygen atoms in total. The molecule has 13 heteroatoms. The fraction of sp³-hybridized carbons (Fsp3) is 0.346. The third kappa shape index (κ3) is 7.87. The van der Waals surface area contributed by atoms with Crippen LogP contribution in [0.15, 0.2) is 55.6 Å². The molecule has 0 saturated heterocycles. The number of carbonyl (C=O) groups is 2. The summed E-state index contributed by atoms with van der Waals surface area (Å²) in [4.78, 5) is 24.5. The van der Waals surface area contributed by atoms with Gasteiger partial charge in [0.05, 0.1) is 42.6 Å². The molecule has 2 aromatic rings. The van der Waals surface area contributed by atoms with E-state index in [0.29, 0.717) is 47.3 Å². The lowest BCUT2D eigenvalue weighted by Crippen LogP contribution is -2.45. The van der Waals surface area contributed by atoms with Crippen LogP contribution >= 0.6 is 31.9 Å². The number of nitrogens with zero attached hydrogens (tertiary/aromatic N) is 1. The predicted molar refractivity (Wildman–Crippen MR) is 152 cm³/mol. The van der Waals surface area contributed by atoms with E-state index in [0.717, 1.165) is 8.95 Å². The van der Waals surface area contributed by atoms with Crippen molar-refractivity contribution in [2.24, 2.45) is 5.10 Å². The number of rotatable bonds is 12. The van der Waals surface area contributed by atoms with Gasteiger partial charge >= 0.3 is 12.0 Å². The minimum atomic E-state index is -1.14. The standard InChI is InChI=1S/C26H30Br2N4O7/c1-5-37-20-10-15(23-22(25(34)36-4)14(3)30-26(35)31-23)7-8-19(20)39-13-21(33)32-29-12-16-9-17(27)11-18(28)24(16)38-6-2/h7-12,21,23,32-33H,5-6,13H2,1-4H3,(H2,30,31,35)/b29-12+/t21-,23+/m0/s1. The molecule has 0 aliphatic carbocycles. The highest BCUT2D eigenvalue weighted by molar-refractivity contribution is 9.11. The Morgan fingerprint density at radius 1 is 1.15 bits per heavy atom. The largest absolute Gasteiger partial charge is 0.492 e. The summed E-state index contributed by atoms with van der Waals surface area (Å²) >= 11 is 6.91. The Kier molecular flexibility index (Phi) is 11.0. The van der Waals surface area contributed by atoms with Crippen LogP contribution in [0.25, 0.3) is 0 Å². The fourth-order valence-corrected chi connectivity index (χ4v) is 5.16. The molecule has 0 spiro atoms. The number of nitrogens with one attached hydrogen (secondary N) is 3. The van der Waals surface area contributed by atoms with Gasteiger partial charge in [-0.15, -0.1) is 0 Å². The summed E-state index contributed by atoms with van der Waals surface area (Å²) in [6, 6.07) is 7.52. The van der Waals surface area contributed by atoms with E-state index in [1.165, 1.54) is 13.3 Å². The van der Waals surface area contributed by atoms with E-state index in [9.17, 15) is 14.7 Å². The molecular weight excluding hydrogens is 640 g/mol. The van der Waals surface area contributed by atoms with Crippen molar-refractivity contribution in [3.05, 3.63) is 61.7 Å². The number of hydrazone groups is 1. The Hall–Kier alpha value is -3.29. The average Bonchev–Trinajstić information content (AvgIpc) is 2.89. The van der Waals surface area contributed by atoms with E-state index >= 15 is 0 Å². The lowest BCUT2D eigenvalue weighted by atomic mass is 9.95. The van der Waals surface area contributed by atoms with Crippen LogP contribution in [0.3, 0.4) is 0 Å². The molecule has 1 heterocycles. The van der Waals surface area contributed by atoms with Gasteiger partial charge in [0.15, 0.2) is 17.7 Å². The van der Waals surface area contributed by atoms with Crippen LogP contribution in [-0.2, 0) is 9.53 Å². The summed E-state index contributed by atoms with van der Waals surface area (Å²) < 4.78 is 23.7. The van der Waals surface area contributed by atoms with Crippen molar-refractivity contribution in [2.45, 2.75) is 33.0 Å². The highest BCUT2D eigenvalue weighted by Gasteiger charge is 2.32. The van der Waals surface area contributed by atoms with E-state index in [4.69, 9.17) is 18.9 Å². The zero-order valence-corrected chi connectivity index (χ0v) is 25.0. The average molecular weight is 670 g/mol. The third-order valence-corrected chi connectivity index (χ3v) is 6.47. The second-order valence-electron chi connectivity index (χ2n) is 8.15. The lowest BCUT2D eigenvalue weighted by molar-refractivity contribution is -0.136. The first kappa shape index (κ1) is 30.3. The van der Waals surface area contributed by atoms with Crippen molar-refractivity contribution in [1.82, 2.24) is 16.1 Å². The number of amides is 2. The maximum atomic E-state index is 12.4. The Bertz CT molecular complexity index is 1270. The summed E-state index contributed by atoms with van der Waals surface area (Å²) in [7, 11) is 1.28. The van der Waals surface area contributed by atoms with Gasteiger partial charge in [0.1, 0.15) is 12.4 Å². The predicted octanol–water partition coefficient (Wildman–Crippen LogP) is 4.13. The van der Waals surface area contributed by atoms with Crippen LogP contribution in [0.2, 0.25) is 0 Å². The molecule has 1 aliphatic heterocycles. The van der Waals surface area contributed by atoms with Crippen LogP contribution in [0.5, 0.6) is 17.2 Å². The fourth-order valence-electron chi connectivity index (χ4n) is 3.79. The molecule has 0 radical (unpaired) electrons. The lowest BCUT2D eigenvalue weighted by Gasteiger charge is -2.28. The maximum Gasteiger partial charge on any atom is 0.337 e. The van der Waals surface area contributed by atoms with E-state index < -0.39 is 24.3 Å². The molecule has 2 atom stereocenters. The summed E-state index contributed by atoms with van der Waals surface area (Å²) in [5, 5.41) is 19.8. The normalized spacial score (nSPS) is 15.9. The molecule has 0 unspecified atom stereocenters. The molecule has 210 valence electrons. The molecule has 3 rings (SSSR count). The molecule has 39 heavy (non-hydrogen) atoms. The van der Waals surface area contributed by atoms with E-state index in [2.05, 4.69) is 53.0 Å². The highest BCUT2D eigenvalue weighted by Crippen LogP contribution is 2.35. The Morgan fingerprint density at radius 2 is 1.90 bits per heavy atom. The second kappa shape index (κ2) is 14.2. The Labute approximate surface area is 243 Å². The first-order chi connectivity index (χ1) is 18.7. The quantitative estimate of drug-likeness (QED) is 0.115.